The van der Waals surface area contributed by atoms with Crippen molar-refractivity contribution in [3.63, 3.8) is 0 Å². The number of rotatable bonds is 4. The Balaban J connectivity index is 1.95. The number of benzene rings is 1. The molecule has 1 atom stereocenters. The molecular weight excluding hydrogens is 208 g/mol. The van der Waals surface area contributed by atoms with Crippen molar-refractivity contribution in [2.45, 2.75) is 58.0 Å². The van der Waals surface area contributed by atoms with Gasteiger partial charge >= 0.3 is 0 Å². The van der Waals surface area contributed by atoms with Gasteiger partial charge in [0.2, 0.25) is 0 Å². The minimum Gasteiger partial charge on any atom is -0.390 e. The van der Waals surface area contributed by atoms with E-state index in [-0.39, 0.29) is 0 Å². The molecule has 1 N–H and O–H groups in total. The number of hydrogen-bond donors (Lipinski definition) is 1. The van der Waals surface area contributed by atoms with Gasteiger partial charge in [-0.05, 0) is 36.3 Å². The summed E-state index contributed by atoms with van der Waals surface area (Å²) in [7, 11) is 0. The molecule has 1 nitrogen and oxygen atoms in total. The summed E-state index contributed by atoms with van der Waals surface area (Å²) in [5.74, 6) is 0.745. The van der Waals surface area contributed by atoms with Gasteiger partial charge in [0.05, 0.1) is 5.60 Å². The van der Waals surface area contributed by atoms with Crippen molar-refractivity contribution in [3.8, 4) is 0 Å². The van der Waals surface area contributed by atoms with Crippen molar-refractivity contribution in [1.82, 2.24) is 0 Å². The van der Waals surface area contributed by atoms with E-state index in [4.69, 9.17) is 0 Å². The SMILES string of the molecule is CC(C)CCCC1(O)CCc2ccccc2C1. The van der Waals surface area contributed by atoms with Crippen molar-refractivity contribution < 1.29 is 5.11 Å². The standard InChI is InChI=1S/C16H24O/c1-13(2)6-5-10-16(17)11-9-14-7-3-4-8-15(14)12-16/h3-4,7-8,13,17H,5-6,9-12H2,1-2H3. The molecule has 0 spiro atoms. The minimum atomic E-state index is -0.441. The van der Waals surface area contributed by atoms with Crippen LogP contribution in [0.1, 0.15) is 50.7 Å². The fraction of sp³-hybridized carbons (Fsp3) is 0.625. The lowest BCUT2D eigenvalue weighted by Gasteiger charge is -2.33. The van der Waals surface area contributed by atoms with Crippen LogP contribution >= 0.6 is 0 Å². The summed E-state index contributed by atoms with van der Waals surface area (Å²) in [5.41, 5.74) is 2.34. The lowest BCUT2D eigenvalue weighted by molar-refractivity contribution is 0.0149. The van der Waals surface area contributed by atoms with Crippen LogP contribution in [0, 0.1) is 5.92 Å². The molecule has 1 heteroatoms. The summed E-state index contributed by atoms with van der Waals surface area (Å²) in [5, 5.41) is 10.6. The molecule has 0 saturated carbocycles. The molecule has 0 amide bonds. The van der Waals surface area contributed by atoms with E-state index in [9.17, 15) is 5.11 Å². The number of aliphatic hydroxyl groups is 1. The fourth-order valence-corrected chi connectivity index (χ4v) is 2.84. The summed E-state index contributed by atoms with van der Waals surface area (Å²) in [6.45, 7) is 4.50. The molecule has 1 aromatic rings. The molecule has 0 fully saturated rings. The highest BCUT2D eigenvalue weighted by Gasteiger charge is 2.31. The number of fused-ring (bicyclic) bond motifs is 1. The molecule has 17 heavy (non-hydrogen) atoms. The number of aryl methyl sites for hydroxylation is 1. The van der Waals surface area contributed by atoms with Crippen LogP contribution in [-0.2, 0) is 12.8 Å². The zero-order valence-electron chi connectivity index (χ0n) is 11.1. The van der Waals surface area contributed by atoms with E-state index in [1.807, 2.05) is 0 Å². The zero-order valence-corrected chi connectivity index (χ0v) is 11.1. The highest BCUT2D eigenvalue weighted by molar-refractivity contribution is 5.31. The molecule has 0 heterocycles. The van der Waals surface area contributed by atoms with Gasteiger partial charge in [0.1, 0.15) is 0 Å². The topological polar surface area (TPSA) is 20.2 Å². The van der Waals surface area contributed by atoms with Crippen LogP contribution in [0.25, 0.3) is 0 Å². The van der Waals surface area contributed by atoms with Crippen molar-refractivity contribution in [3.05, 3.63) is 35.4 Å². The van der Waals surface area contributed by atoms with Crippen LogP contribution in [0.4, 0.5) is 0 Å². The van der Waals surface area contributed by atoms with Gasteiger partial charge in [0, 0.05) is 6.42 Å². The smallest absolute Gasteiger partial charge is 0.0691 e. The third-order valence-electron chi connectivity index (χ3n) is 3.92. The van der Waals surface area contributed by atoms with E-state index in [1.54, 1.807) is 0 Å². The van der Waals surface area contributed by atoms with Crippen molar-refractivity contribution in [1.29, 1.82) is 0 Å². The second-order valence-corrected chi connectivity index (χ2v) is 5.96. The molecule has 0 aromatic heterocycles. The first-order valence-corrected chi connectivity index (χ1v) is 6.88. The average Bonchev–Trinajstić information content (AvgIpc) is 2.28. The normalized spacial score (nSPS) is 23.8. The molecule has 1 aliphatic carbocycles. The maximum absolute atomic E-state index is 10.6. The minimum absolute atomic E-state index is 0.441. The van der Waals surface area contributed by atoms with Crippen molar-refractivity contribution in [2.24, 2.45) is 5.92 Å². The molecule has 1 unspecified atom stereocenters. The average molecular weight is 232 g/mol. The van der Waals surface area contributed by atoms with Gasteiger partial charge in [0.25, 0.3) is 0 Å². The molecule has 94 valence electrons. The van der Waals surface area contributed by atoms with Crippen LogP contribution < -0.4 is 0 Å². The first kappa shape index (κ1) is 12.6. The summed E-state index contributed by atoms with van der Waals surface area (Å²) >= 11 is 0. The highest BCUT2D eigenvalue weighted by Crippen LogP contribution is 2.32. The number of hydrogen-bond acceptors (Lipinski definition) is 1. The van der Waals surface area contributed by atoms with Gasteiger partial charge in [-0.1, -0.05) is 51.0 Å². The summed E-state index contributed by atoms with van der Waals surface area (Å²) < 4.78 is 0. The quantitative estimate of drug-likeness (QED) is 0.838. The van der Waals surface area contributed by atoms with Crippen LogP contribution in [0.2, 0.25) is 0 Å². The van der Waals surface area contributed by atoms with E-state index in [2.05, 4.69) is 38.1 Å². The third kappa shape index (κ3) is 3.32. The fourth-order valence-electron chi connectivity index (χ4n) is 2.84. The maximum Gasteiger partial charge on any atom is 0.0691 e. The Bertz CT molecular complexity index is 370. The van der Waals surface area contributed by atoms with Gasteiger partial charge in [-0.15, -0.1) is 0 Å². The molecule has 0 saturated heterocycles. The Morgan fingerprint density at radius 3 is 2.65 bits per heavy atom. The molecule has 0 aliphatic heterocycles. The predicted molar refractivity (Wildman–Crippen MR) is 72.1 cm³/mol. The van der Waals surface area contributed by atoms with Gasteiger partial charge in [-0.2, -0.15) is 0 Å². The van der Waals surface area contributed by atoms with Gasteiger partial charge in [-0.3, -0.25) is 0 Å². The van der Waals surface area contributed by atoms with Gasteiger partial charge in [-0.25, -0.2) is 0 Å². The van der Waals surface area contributed by atoms with Crippen molar-refractivity contribution in [2.75, 3.05) is 0 Å². The van der Waals surface area contributed by atoms with E-state index in [1.165, 1.54) is 17.5 Å². The lowest BCUT2D eigenvalue weighted by atomic mass is 9.77. The summed E-state index contributed by atoms with van der Waals surface area (Å²) in [4.78, 5) is 0. The zero-order chi connectivity index (χ0) is 12.3. The Hall–Kier alpha value is -0.820. The Morgan fingerprint density at radius 1 is 1.24 bits per heavy atom. The monoisotopic (exact) mass is 232 g/mol. The largest absolute Gasteiger partial charge is 0.390 e. The molecule has 0 radical (unpaired) electrons. The van der Waals surface area contributed by atoms with E-state index < -0.39 is 5.60 Å². The first-order valence-electron chi connectivity index (χ1n) is 6.88. The first-order chi connectivity index (χ1) is 8.09. The summed E-state index contributed by atoms with van der Waals surface area (Å²) in [6, 6.07) is 8.55. The lowest BCUT2D eigenvalue weighted by Crippen LogP contribution is -2.35. The van der Waals surface area contributed by atoms with Crippen molar-refractivity contribution >= 4 is 0 Å². The molecule has 0 bridgehead atoms. The van der Waals surface area contributed by atoms with Gasteiger partial charge < -0.3 is 5.11 Å². The molecular formula is C16H24O. The second-order valence-electron chi connectivity index (χ2n) is 5.96. The van der Waals surface area contributed by atoms with Crippen LogP contribution in [0.3, 0.4) is 0 Å². The Labute approximate surface area is 105 Å². The molecule has 1 aliphatic rings. The van der Waals surface area contributed by atoms with Crippen LogP contribution in [0.5, 0.6) is 0 Å². The molecule has 2 rings (SSSR count). The van der Waals surface area contributed by atoms with E-state index in [0.29, 0.717) is 0 Å². The maximum atomic E-state index is 10.6. The third-order valence-corrected chi connectivity index (χ3v) is 3.92. The van der Waals surface area contributed by atoms with Gasteiger partial charge in [0.15, 0.2) is 0 Å². The Morgan fingerprint density at radius 2 is 1.94 bits per heavy atom. The second kappa shape index (κ2) is 5.22. The highest BCUT2D eigenvalue weighted by atomic mass is 16.3. The Kier molecular flexibility index (Phi) is 3.88. The summed E-state index contributed by atoms with van der Waals surface area (Å²) in [6.07, 6.45) is 6.15. The van der Waals surface area contributed by atoms with E-state index in [0.717, 1.165) is 38.0 Å². The van der Waals surface area contributed by atoms with Crippen LogP contribution in [0.15, 0.2) is 24.3 Å². The van der Waals surface area contributed by atoms with E-state index >= 15 is 0 Å². The predicted octanol–water partition coefficient (Wildman–Crippen LogP) is 3.73. The van der Waals surface area contributed by atoms with Crippen LogP contribution in [-0.4, -0.2) is 10.7 Å². The molecule has 1 aromatic carbocycles.